The number of nitrogens with two attached hydrogens (primary N) is 1. The van der Waals surface area contributed by atoms with E-state index < -0.39 is 41.9 Å². The second-order valence-corrected chi connectivity index (χ2v) is 9.46. The Bertz CT molecular complexity index is 926. The highest BCUT2D eigenvalue weighted by molar-refractivity contribution is 5.77. The normalized spacial score (nSPS) is 16.2. The van der Waals surface area contributed by atoms with Crippen molar-refractivity contribution in [3.05, 3.63) is 23.8 Å². The third-order valence-corrected chi connectivity index (χ3v) is 6.27. The minimum absolute atomic E-state index is 0.00665. The maximum atomic E-state index is 12.2. The molecular formula is C27H39NO9. The fourth-order valence-electron chi connectivity index (χ4n) is 4.35. The second-order valence-electron chi connectivity index (χ2n) is 9.46. The van der Waals surface area contributed by atoms with E-state index in [0.29, 0.717) is 18.4 Å². The molecule has 0 amide bonds. The maximum absolute atomic E-state index is 12.2. The fraction of sp³-hybridized carbons (Fsp3) is 0.630. The summed E-state index contributed by atoms with van der Waals surface area (Å²) in [6.45, 7) is 5.23. The molecule has 1 aliphatic carbocycles. The van der Waals surface area contributed by atoms with Crippen molar-refractivity contribution < 1.29 is 43.2 Å². The van der Waals surface area contributed by atoms with E-state index in [9.17, 15) is 24.3 Å². The average molecular weight is 522 g/mol. The van der Waals surface area contributed by atoms with Crippen LogP contribution in [-0.2, 0) is 23.9 Å². The van der Waals surface area contributed by atoms with Gasteiger partial charge in [-0.2, -0.15) is 0 Å². The molecule has 3 N–H and O–H groups in total. The van der Waals surface area contributed by atoms with E-state index in [0.717, 1.165) is 32.1 Å². The molecule has 10 heteroatoms. The van der Waals surface area contributed by atoms with Crippen LogP contribution in [0.25, 0.3) is 0 Å². The SMILES string of the molecule is CCCC(=O)Oc1ccc(C(C(C)COC(=O)OC2CCCCC2)[C@H](N)C(=O)O)cc1OC(=O)CCC. The van der Waals surface area contributed by atoms with E-state index in [2.05, 4.69) is 0 Å². The van der Waals surface area contributed by atoms with E-state index in [1.165, 1.54) is 12.1 Å². The Morgan fingerprint density at radius 3 is 2.14 bits per heavy atom. The maximum Gasteiger partial charge on any atom is 0.508 e. The van der Waals surface area contributed by atoms with Gasteiger partial charge in [0.2, 0.25) is 0 Å². The molecule has 10 nitrogen and oxygen atoms in total. The molecular weight excluding hydrogens is 482 g/mol. The van der Waals surface area contributed by atoms with Crippen molar-refractivity contribution in [3.8, 4) is 11.5 Å². The Labute approximate surface area is 217 Å². The van der Waals surface area contributed by atoms with Crippen LogP contribution < -0.4 is 15.2 Å². The third kappa shape index (κ3) is 9.68. The molecule has 3 atom stereocenters. The summed E-state index contributed by atoms with van der Waals surface area (Å²) in [5.41, 5.74) is 6.47. The number of rotatable bonds is 13. The van der Waals surface area contributed by atoms with Crippen LogP contribution in [0.4, 0.5) is 4.79 Å². The Kier molecular flexibility index (Phi) is 12.4. The van der Waals surface area contributed by atoms with Gasteiger partial charge >= 0.3 is 24.1 Å². The summed E-state index contributed by atoms with van der Waals surface area (Å²) >= 11 is 0. The van der Waals surface area contributed by atoms with Gasteiger partial charge in [-0.15, -0.1) is 0 Å². The quantitative estimate of drug-likeness (QED) is 0.276. The third-order valence-electron chi connectivity index (χ3n) is 6.27. The number of hydrogen-bond donors (Lipinski definition) is 2. The molecule has 0 bridgehead atoms. The topological polar surface area (TPSA) is 151 Å². The van der Waals surface area contributed by atoms with Crippen molar-refractivity contribution in [2.45, 2.75) is 96.6 Å². The number of benzene rings is 1. The number of hydrogen-bond acceptors (Lipinski definition) is 9. The van der Waals surface area contributed by atoms with Gasteiger partial charge in [0.05, 0.1) is 6.61 Å². The molecule has 0 spiro atoms. The number of aliphatic carboxylic acids is 1. The van der Waals surface area contributed by atoms with Gasteiger partial charge in [-0.05, 0) is 62.1 Å². The minimum atomic E-state index is -1.35. The smallest absolute Gasteiger partial charge is 0.480 e. The van der Waals surface area contributed by atoms with E-state index in [4.69, 9.17) is 24.7 Å². The van der Waals surface area contributed by atoms with E-state index in [1.807, 2.05) is 13.8 Å². The lowest BCUT2D eigenvalue weighted by Crippen LogP contribution is -2.40. The van der Waals surface area contributed by atoms with Crippen molar-refractivity contribution in [2.24, 2.45) is 11.7 Å². The minimum Gasteiger partial charge on any atom is -0.480 e. The molecule has 2 unspecified atom stereocenters. The molecule has 0 saturated heterocycles. The predicted molar refractivity (Wildman–Crippen MR) is 134 cm³/mol. The molecule has 0 heterocycles. The molecule has 2 rings (SSSR count). The Morgan fingerprint density at radius 2 is 1.57 bits per heavy atom. The largest absolute Gasteiger partial charge is 0.508 e. The molecule has 206 valence electrons. The Hall–Kier alpha value is -3.14. The van der Waals surface area contributed by atoms with Crippen LogP contribution >= 0.6 is 0 Å². The van der Waals surface area contributed by atoms with E-state index in [1.54, 1.807) is 13.0 Å². The highest BCUT2D eigenvalue weighted by Crippen LogP contribution is 2.36. The monoisotopic (exact) mass is 521 g/mol. The zero-order valence-corrected chi connectivity index (χ0v) is 21.9. The summed E-state index contributed by atoms with van der Waals surface area (Å²) in [5, 5.41) is 9.66. The van der Waals surface area contributed by atoms with Crippen LogP contribution in [0.2, 0.25) is 0 Å². The van der Waals surface area contributed by atoms with Crippen molar-refractivity contribution in [3.63, 3.8) is 0 Å². The van der Waals surface area contributed by atoms with Gasteiger partial charge in [0.1, 0.15) is 12.1 Å². The lowest BCUT2D eigenvalue weighted by molar-refractivity contribution is -0.139. The number of esters is 2. The van der Waals surface area contributed by atoms with Gasteiger partial charge < -0.3 is 29.8 Å². The number of carbonyl (C=O) groups is 4. The average Bonchev–Trinajstić information content (AvgIpc) is 2.85. The van der Waals surface area contributed by atoms with Gasteiger partial charge in [0.25, 0.3) is 0 Å². The molecule has 1 saturated carbocycles. The molecule has 0 aromatic heterocycles. The molecule has 1 aliphatic rings. The molecule has 1 aromatic rings. The standard InChI is InChI=1S/C27H39NO9/c1-4-9-22(29)36-20-14-13-18(15-21(20)37-23(30)10-5-2)24(25(28)26(31)32)17(3)16-34-27(33)35-19-11-7-6-8-12-19/h13-15,17,19,24-25H,4-12,16,28H2,1-3H3,(H,31,32)/t17?,24?,25-/m0/s1. The first-order chi connectivity index (χ1) is 17.7. The Balaban J connectivity index is 2.25. The molecule has 1 aromatic carbocycles. The zero-order valence-electron chi connectivity index (χ0n) is 21.9. The van der Waals surface area contributed by atoms with Crippen LogP contribution in [0.5, 0.6) is 11.5 Å². The predicted octanol–water partition coefficient (Wildman–Crippen LogP) is 4.72. The number of carboxylic acid groups (broad SMARTS) is 1. The molecule has 1 fully saturated rings. The van der Waals surface area contributed by atoms with Crippen LogP contribution in [0, 0.1) is 5.92 Å². The van der Waals surface area contributed by atoms with Crippen molar-refractivity contribution in [1.82, 2.24) is 0 Å². The summed E-state index contributed by atoms with van der Waals surface area (Å²) in [6.07, 6.45) is 5.22. The zero-order chi connectivity index (χ0) is 27.4. The van der Waals surface area contributed by atoms with Gasteiger partial charge in [-0.25, -0.2) is 4.79 Å². The van der Waals surface area contributed by atoms with Gasteiger partial charge in [0.15, 0.2) is 11.5 Å². The lowest BCUT2D eigenvalue weighted by Gasteiger charge is -2.28. The first-order valence-corrected chi connectivity index (χ1v) is 13.0. The highest BCUT2D eigenvalue weighted by Gasteiger charge is 2.33. The number of carboxylic acids is 1. The van der Waals surface area contributed by atoms with Crippen LogP contribution in [0.3, 0.4) is 0 Å². The van der Waals surface area contributed by atoms with Crippen LogP contribution in [0.15, 0.2) is 18.2 Å². The fourth-order valence-corrected chi connectivity index (χ4v) is 4.35. The van der Waals surface area contributed by atoms with E-state index >= 15 is 0 Å². The van der Waals surface area contributed by atoms with Gasteiger partial charge in [-0.1, -0.05) is 33.3 Å². The highest BCUT2D eigenvalue weighted by atomic mass is 16.7. The van der Waals surface area contributed by atoms with Gasteiger partial charge in [0, 0.05) is 18.8 Å². The molecule has 0 aliphatic heterocycles. The van der Waals surface area contributed by atoms with Crippen molar-refractivity contribution in [2.75, 3.05) is 6.61 Å². The lowest BCUT2D eigenvalue weighted by atomic mass is 9.82. The number of carbonyl (C=O) groups excluding carboxylic acids is 3. The molecule has 37 heavy (non-hydrogen) atoms. The van der Waals surface area contributed by atoms with Crippen molar-refractivity contribution in [1.29, 1.82) is 0 Å². The summed E-state index contributed by atoms with van der Waals surface area (Å²) in [6, 6.07) is 3.12. The first kappa shape index (κ1) is 30.1. The first-order valence-electron chi connectivity index (χ1n) is 13.0. The molecule has 0 radical (unpaired) electrons. The number of ether oxygens (including phenoxy) is 4. The summed E-state index contributed by atoms with van der Waals surface area (Å²) in [5.74, 6) is -3.55. The van der Waals surface area contributed by atoms with Crippen LogP contribution in [0.1, 0.15) is 90.0 Å². The van der Waals surface area contributed by atoms with Crippen molar-refractivity contribution >= 4 is 24.1 Å². The second kappa shape index (κ2) is 15.2. The summed E-state index contributed by atoms with van der Waals surface area (Å²) < 4.78 is 21.5. The van der Waals surface area contributed by atoms with Gasteiger partial charge in [-0.3, -0.25) is 14.4 Å². The van der Waals surface area contributed by atoms with Crippen LogP contribution in [-0.4, -0.2) is 47.9 Å². The van der Waals surface area contributed by atoms with E-state index in [-0.39, 0.29) is 37.1 Å². The Morgan fingerprint density at radius 1 is 0.973 bits per heavy atom. The summed E-state index contributed by atoms with van der Waals surface area (Å²) in [7, 11) is 0. The summed E-state index contributed by atoms with van der Waals surface area (Å²) in [4.78, 5) is 48.4.